The summed E-state index contributed by atoms with van der Waals surface area (Å²) in [5.74, 6) is 0.664. The summed E-state index contributed by atoms with van der Waals surface area (Å²) in [6.07, 6.45) is 0.568. The molecule has 2 nitrogen and oxygen atoms in total. The second kappa shape index (κ2) is 5.35. The number of hydrogen-bond donors (Lipinski definition) is 0. The van der Waals surface area contributed by atoms with Gasteiger partial charge in [-0.1, -0.05) is 46.3 Å². The number of oxazole rings is 1. The Morgan fingerprint density at radius 3 is 2.63 bits per heavy atom. The summed E-state index contributed by atoms with van der Waals surface area (Å²) in [4.78, 5) is 4.44. The molecule has 0 aliphatic carbocycles. The van der Waals surface area contributed by atoms with E-state index in [0.29, 0.717) is 12.3 Å². The molecule has 0 spiro atoms. The number of rotatable bonds is 3. The van der Waals surface area contributed by atoms with E-state index in [0.717, 1.165) is 21.1 Å². The highest BCUT2D eigenvalue weighted by Crippen LogP contribution is 2.31. The lowest BCUT2D eigenvalue weighted by Gasteiger charge is -2.09. The average molecular weight is 337 g/mol. The number of nitrogens with zero attached hydrogens (tertiary/aromatic N) is 1. The molecule has 0 amide bonds. The van der Waals surface area contributed by atoms with Crippen molar-refractivity contribution in [1.29, 1.82) is 0 Å². The van der Waals surface area contributed by atoms with Crippen LogP contribution < -0.4 is 0 Å². The van der Waals surface area contributed by atoms with E-state index in [1.807, 2.05) is 48.5 Å². The van der Waals surface area contributed by atoms with Crippen molar-refractivity contribution in [3.8, 4) is 0 Å². The first-order chi connectivity index (χ1) is 9.24. The minimum atomic E-state index is -0.163. The van der Waals surface area contributed by atoms with Crippen LogP contribution in [0.3, 0.4) is 0 Å². The van der Waals surface area contributed by atoms with Crippen molar-refractivity contribution >= 4 is 38.6 Å². The Balaban J connectivity index is 1.86. The molecule has 19 heavy (non-hydrogen) atoms. The van der Waals surface area contributed by atoms with E-state index in [1.165, 1.54) is 0 Å². The van der Waals surface area contributed by atoms with Gasteiger partial charge in [0.25, 0.3) is 0 Å². The topological polar surface area (TPSA) is 26.0 Å². The smallest absolute Gasteiger partial charge is 0.197 e. The summed E-state index contributed by atoms with van der Waals surface area (Å²) < 4.78 is 6.69. The van der Waals surface area contributed by atoms with Crippen LogP contribution in [-0.4, -0.2) is 4.98 Å². The third kappa shape index (κ3) is 2.67. The maximum Gasteiger partial charge on any atom is 0.197 e. The number of benzene rings is 2. The maximum absolute atomic E-state index is 6.44. The van der Waals surface area contributed by atoms with Crippen molar-refractivity contribution in [3.63, 3.8) is 0 Å². The molecule has 4 heteroatoms. The normalized spacial score (nSPS) is 12.7. The standard InChI is InChI=1S/C15H11BrClNO/c16-11-6-2-1-5-10(11)12(17)9-15-18-13-7-3-4-8-14(13)19-15/h1-8,12H,9H2. The summed E-state index contributed by atoms with van der Waals surface area (Å²) in [7, 11) is 0. The molecule has 1 heterocycles. The molecule has 1 aromatic heterocycles. The molecule has 0 radical (unpaired) electrons. The fourth-order valence-corrected chi connectivity index (χ4v) is 3.01. The fraction of sp³-hybridized carbons (Fsp3) is 0.133. The van der Waals surface area contributed by atoms with Crippen LogP contribution in [-0.2, 0) is 6.42 Å². The Bertz CT molecular complexity index is 677. The fourth-order valence-electron chi connectivity index (χ4n) is 2.00. The van der Waals surface area contributed by atoms with Crippen LogP contribution >= 0.6 is 27.5 Å². The first kappa shape index (κ1) is 12.7. The van der Waals surface area contributed by atoms with Crippen LogP contribution in [0.2, 0.25) is 0 Å². The quantitative estimate of drug-likeness (QED) is 0.621. The third-order valence-corrected chi connectivity index (χ3v) is 4.05. The third-order valence-electron chi connectivity index (χ3n) is 2.93. The Morgan fingerprint density at radius 2 is 1.84 bits per heavy atom. The van der Waals surface area contributed by atoms with E-state index in [9.17, 15) is 0 Å². The molecule has 0 aliphatic rings. The van der Waals surface area contributed by atoms with E-state index < -0.39 is 0 Å². The Hall–Kier alpha value is -1.32. The van der Waals surface area contributed by atoms with Crippen LogP contribution in [0.4, 0.5) is 0 Å². The summed E-state index contributed by atoms with van der Waals surface area (Å²) in [6, 6.07) is 15.7. The molecule has 0 bridgehead atoms. The van der Waals surface area contributed by atoms with Gasteiger partial charge < -0.3 is 4.42 Å². The highest BCUT2D eigenvalue weighted by atomic mass is 79.9. The lowest BCUT2D eigenvalue weighted by atomic mass is 10.1. The van der Waals surface area contributed by atoms with E-state index in [2.05, 4.69) is 20.9 Å². The van der Waals surface area contributed by atoms with Crippen LogP contribution in [0.15, 0.2) is 57.4 Å². The molecule has 1 unspecified atom stereocenters. The van der Waals surface area contributed by atoms with Crippen molar-refractivity contribution in [2.24, 2.45) is 0 Å². The van der Waals surface area contributed by atoms with Gasteiger partial charge in [0.1, 0.15) is 5.52 Å². The predicted octanol–water partition coefficient (Wildman–Crippen LogP) is 5.11. The van der Waals surface area contributed by atoms with Crippen LogP contribution in [0, 0.1) is 0 Å². The number of fused-ring (bicyclic) bond motifs is 1. The van der Waals surface area contributed by atoms with Gasteiger partial charge in [-0.05, 0) is 23.8 Å². The Labute approximate surface area is 124 Å². The van der Waals surface area contributed by atoms with E-state index in [1.54, 1.807) is 0 Å². The largest absolute Gasteiger partial charge is 0.441 e. The molecular weight excluding hydrogens is 326 g/mol. The Morgan fingerprint density at radius 1 is 1.11 bits per heavy atom. The SMILES string of the molecule is ClC(Cc1nc2ccccc2o1)c1ccccc1Br. The molecule has 0 aliphatic heterocycles. The van der Waals surface area contributed by atoms with Gasteiger partial charge in [-0.2, -0.15) is 0 Å². The minimum absolute atomic E-state index is 0.163. The number of alkyl halides is 1. The van der Waals surface area contributed by atoms with Crippen molar-refractivity contribution in [1.82, 2.24) is 4.98 Å². The zero-order valence-corrected chi connectivity index (χ0v) is 12.4. The second-order valence-corrected chi connectivity index (χ2v) is 5.65. The molecule has 3 rings (SSSR count). The van der Waals surface area contributed by atoms with E-state index in [4.69, 9.17) is 16.0 Å². The summed E-state index contributed by atoms with van der Waals surface area (Å²) in [6.45, 7) is 0. The van der Waals surface area contributed by atoms with Gasteiger partial charge in [0.05, 0.1) is 5.38 Å². The van der Waals surface area contributed by atoms with Crippen molar-refractivity contribution in [2.75, 3.05) is 0 Å². The molecule has 96 valence electrons. The Kier molecular flexibility index (Phi) is 3.58. The van der Waals surface area contributed by atoms with Crippen molar-refractivity contribution in [2.45, 2.75) is 11.8 Å². The van der Waals surface area contributed by atoms with Gasteiger partial charge in [0.2, 0.25) is 0 Å². The number of halogens is 2. The van der Waals surface area contributed by atoms with Gasteiger partial charge >= 0.3 is 0 Å². The monoisotopic (exact) mass is 335 g/mol. The molecule has 3 aromatic rings. The van der Waals surface area contributed by atoms with E-state index in [-0.39, 0.29) is 5.38 Å². The van der Waals surface area contributed by atoms with Gasteiger partial charge in [-0.3, -0.25) is 0 Å². The summed E-state index contributed by atoms with van der Waals surface area (Å²) in [5.41, 5.74) is 2.72. The molecule has 0 saturated heterocycles. The van der Waals surface area contributed by atoms with E-state index >= 15 is 0 Å². The minimum Gasteiger partial charge on any atom is -0.441 e. The molecule has 0 N–H and O–H groups in total. The predicted molar refractivity (Wildman–Crippen MR) is 80.4 cm³/mol. The maximum atomic E-state index is 6.44. The summed E-state index contributed by atoms with van der Waals surface area (Å²) >= 11 is 9.95. The second-order valence-electron chi connectivity index (χ2n) is 4.27. The molecule has 1 atom stereocenters. The van der Waals surface area contributed by atoms with Crippen LogP contribution in [0.1, 0.15) is 16.8 Å². The van der Waals surface area contributed by atoms with Gasteiger partial charge in [0, 0.05) is 10.9 Å². The number of para-hydroxylation sites is 2. The van der Waals surface area contributed by atoms with Gasteiger partial charge in [0.15, 0.2) is 11.5 Å². The molecule has 0 fully saturated rings. The van der Waals surface area contributed by atoms with Crippen LogP contribution in [0.25, 0.3) is 11.1 Å². The van der Waals surface area contributed by atoms with Crippen molar-refractivity contribution < 1.29 is 4.42 Å². The lowest BCUT2D eigenvalue weighted by molar-refractivity contribution is 0.525. The van der Waals surface area contributed by atoms with Gasteiger partial charge in [-0.25, -0.2) is 4.98 Å². The molecular formula is C15H11BrClNO. The molecule has 0 saturated carbocycles. The first-order valence-electron chi connectivity index (χ1n) is 5.97. The average Bonchev–Trinajstić information content (AvgIpc) is 2.81. The molecule has 2 aromatic carbocycles. The highest BCUT2D eigenvalue weighted by molar-refractivity contribution is 9.10. The van der Waals surface area contributed by atoms with Gasteiger partial charge in [-0.15, -0.1) is 11.6 Å². The zero-order chi connectivity index (χ0) is 13.2. The summed E-state index contributed by atoms with van der Waals surface area (Å²) in [5, 5.41) is -0.163. The first-order valence-corrected chi connectivity index (χ1v) is 7.20. The highest BCUT2D eigenvalue weighted by Gasteiger charge is 2.15. The number of aromatic nitrogens is 1. The van der Waals surface area contributed by atoms with Crippen molar-refractivity contribution in [3.05, 3.63) is 64.5 Å². The van der Waals surface area contributed by atoms with Crippen LogP contribution in [0.5, 0.6) is 0 Å². The number of hydrogen-bond acceptors (Lipinski definition) is 2. The zero-order valence-electron chi connectivity index (χ0n) is 10.0. The lowest BCUT2D eigenvalue weighted by Crippen LogP contribution is -1.97.